The van der Waals surface area contributed by atoms with E-state index in [2.05, 4.69) is 27.2 Å². The average molecular weight is 602 g/mol. The Hall–Kier alpha value is -3.22. The van der Waals surface area contributed by atoms with Gasteiger partial charge in [0.05, 0.1) is 10.8 Å². The molecule has 0 spiro atoms. The number of amides is 2. The van der Waals surface area contributed by atoms with E-state index in [-0.39, 0.29) is 17.6 Å². The van der Waals surface area contributed by atoms with Gasteiger partial charge in [0.1, 0.15) is 5.82 Å². The first-order valence-electron chi connectivity index (χ1n) is 15.8. The number of hydrogen-bond acceptors (Lipinski definition) is 3. The van der Waals surface area contributed by atoms with Crippen molar-refractivity contribution in [1.29, 1.82) is 0 Å². The number of carbonyl (C=O) groups is 2. The van der Waals surface area contributed by atoms with Crippen LogP contribution < -0.4 is 5.32 Å². The Labute approximate surface area is 259 Å². The van der Waals surface area contributed by atoms with Crippen LogP contribution >= 0.6 is 11.6 Å². The third-order valence-electron chi connectivity index (χ3n) is 10.0. The van der Waals surface area contributed by atoms with Crippen LogP contribution in [-0.4, -0.2) is 60.9 Å². The van der Waals surface area contributed by atoms with E-state index in [1.807, 2.05) is 42.5 Å². The van der Waals surface area contributed by atoms with Crippen LogP contribution in [0.4, 0.5) is 4.39 Å². The summed E-state index contributed by atoms with van der Waals surface area (Å²) in [7, 11) is 0. The molecule has 3 aromatic rings. The smallest absolute Gasteiger partial charge is 0.233 e. The van der Waals surface area contributed by atoms with Gasteiger partial charge < -0.3 is 15.1 Å². The molecule has 2 aliphatic heterocycles. The minimum absolute atomic E-state index is 0.0397. The van der Waals surface area contributed by atoms with Gasteiger partial charge in [-0.25, -0.2) is 4.39 Å². The van der Waals surface area contributed by atoms with E-state index >= 15 is 0 Å². The van der Waals surface area contributed by atoms with Crippen LogP contribution in [0.15, 0.2) is 78.9 Å². The fourth-order valence-electron chi connectivity index (χ4n) is 7.40. The molecule has 0 radical (unpaired) electrons. The molecule has 2 atom stereocenters. The van der Waals surface area contributed by atoms with Gasteiger partial charge in [-0.1, -0.05) is 66.2 Å². The van der Waals surface area contributed by atoms with Gasteiger partial charge in [0.2, 0.25) is 11.8 Å². The van der Waals surface area contributed by atoms with E-state index in [4.69, 9.17) is 11.6 Å². The van der Waals surface area contributed by atoms with Crippen LogP contribution in [0.5, 0.6) is 0 Å². The lowest BCUT2D eigenvalue weighted by Gasteiger charge is -2.44. The zero-order valence-corrected chi connectivity index (χ0v) is 25.5. The molecule has 226 valence electrons. The Morgan fingerprint density at radius 1 is 0.837 bits per heavy atom. The van der Waals surface area contributed by atoms with Gasteiger partial charge in [0, 0.05) is 31.2 Å². The van der Waals surface area contributed by atoms with Gasteiger partial charge in [-0.15, -0.1) is 0 Å². The van der Waals surface area contributed by atoms with Gasteiger partial charge in [0.15, 0.2) is 0 Å². The van der Waals surface area contributed by atoms with Crippen molar-refractivity contribution in [1.82, 2.24) is 15.1 Å². The Morgan fingerprint density at radius 2 is 1.51 bits per heavy atom. The summed E-state index contributed by atoms with van der Waals surface area (Å²) in [5, 5.41) is 3.83. The molecule has 3 aromatic carbocycles. The maximum atomic E-state index is 14.1. The van der Waals surface area contributed by atoms with E-state index < -0.39 is 10.8 Å². The van der Waals surface area contributed by atoms with Crippen LogP contribution in [0.1, 0.15) is 55.2 Å². The fraction of sp³-hybridized carbons (Fsp3) is 0.444. The van der Waals surface area contributed by atoms with E-state index in [9.17, 15) is 14.0 Å². The molecule has 43 heavy (non-hydrogen) atoms. The summed E-state index contributed by atoms with van der Waals surface area (Å²) >= 11 is 6.21. The first-order valence-corrected chi connectivity index (χ1v) is 16.1. The number of nitrogens with one attached hydrogen (secondary N) is 1. The molecule has 1 N–H and O–H groups in total. The van der Waals surface area contributed by atoms with Crippen LogP contribution in [-0.2, 0) is 26.8 Å². The first-order chi connectivity index (χ1) is 20.9. The molecule has 6 rings (SSSR count). The Bertz CT molecular complexity index is 1400. The molecule has 2 heterocycles. The SMILES string of the molecule is O=C(N1CCCCC1)C1(c2ccccc2)CCN(C[C@@H]2C[C@@]2(C(=O)NCCc2ccc(F)cc2)c2ccc(Cl)cc2)CC1. The van der Waals surface area contributed by atoms with Crippen LogP contribution in [0, 0.1) is 11.7 Å². The fourth-order valence-corrected chi connectivity index (χ4v) is 7.53. The number of halogens is 2. The normalized spacial score (nSPS) is 23.5. The third kappa shape index (κ3) is 6.23. The standard InChI is InChI=1S/C36H41ClFN3O2/c37-31-13-11-29(12-14-31)36(33(42)39-20-17-27-9-15-32(38)16-10-27)25-30(36)26-40-23-18-35(19-24-40,28-7-3-1-4-8-28)34(43)41-21-5-2-6-22-41/h1,3-4,7-16,30H,2,5-6,17-26H2,(H,39,42)/t30-,36+/m0/s1. The molecule has 2 saturated heterocycles. The molecular weight excluding hydrogens is 561 g/mol. The van der Waals surface area contributed by atoms with Gasteiger partial charge in [-0.2, -0.15) is 0 Å². The molecule has 1 saturated carbocycles. The number of nitrogens with zero attached hydrogens (tertiary/aromatic N) is 2. The number of benzene rings is 3. The maximum Gasteiger partial charge on any atom is 0.233 e. The topological polar surface area (TPSA) is 52.7 Å². The number of carbonyl (C=O) groups excluding carboxylic acids is 2. The summed E-state index contributed by atoms with van der Waals surface area (Å²) in [5.74, 6) is 0.254. The van der Waals surface area contributed by atoms with Crippen LogP contribution in [0.2, 0.25) is 5.02 Å². The van der Waals surface area contributed by atoms with Gasteiger partial charge in [0.25, 0.3) is 0 Å². The highest BCUT2D eigenvalue weighted by molar-refractivity contribution is 6.30. The monoisotopic (exact) mass is 601 g/mol. The second-order valence-electron chi connectivity index (χ2n) is 12.6. The molecule has 0 bridgehead atoms. The quantitative estimate of drug-likeness (QED) is 0.320. The molecule has 3 aliphatic rings. The summed E-state index contributed by atoms with van der Waals surface area (Å²) in [4.78, 5) is 32.4. The van der Waals surface area contributed by atoms with E-state index in [0.717, 1.165) is 81.5 Å². The van der Waals surface area contributed by atoms with Crippen molar-refractivity contribution in [3.8, 4) is 0 Å². The molecule has 1 aliphatic carbocycles. The summed E-state index contributed by atoms with van der Waals surface area (Å²) < 4.78 is 13.3. The van der Waals surface area contributed by atoms with E-state index in [1.54, 1.807) is 12.1 Å². The molecule has 3 fully saturated rings. The third-order valence-corrected chi connectivity index (χ3v) is 10.3. The minimum Gasteiger partial charge on any atom is -0.355 e. The first kappa shape index (κ1) is 29.8. The van der Waals surface area contributed by atoms with Crippen molar-refractivity contribution in [3.05, 3.63) is 106 Å². The summed E-state index contributed by atoms with van der Waals surface area (Å²) in [6.45, 7) is 4.69. The zero-order chi connectivity index (χ0) is 29.9. The van der Waals surface area contributed by atoms with Gasteiger partial charge in [-0.3, -0.25) is 9.59 Å². The Morgan fingerprint density at radius 3 is 2.19 bits per heavy atom. The summed E-state index contributed by atoms with van der Waals surface area (Å²) in [6.07, 6.45) is 6.38. The lowest BCUT2D eigenvalue weighted by molar-refractivity contribution is -0.140. The Balaban J connectivity index is 1.14. The molecule has 5 nitrogen and oxygen atoms in total. The number of hydrogen-bond donors (Lipinski definition) is 1. The van der Waals surface area contributed by atoms with Crippen molar-refractivity contribution in [2.24, 2.45) is 5.92 Å². The Kier molecular flexibility index (Phi) is 8.88. The highest BCUT2D eigenvalue weighted by atomic mass is 35.5. The zero-order valence-electron chi connectivity index (χ0n) is 24.7. The summed E-state index contributed by atoms with van der Waals surface area (Å²) in [5.41, 5.74) is 2.04. The van der Waals surface area contributed by atoms with Crippen molar-refractivity contribution >= 4 is 23.4 Å². The largest absolute Gasteiger partial charge is 0.355 e. The van der Waals surface area contributed by atoms with Crippen LogP contribution in [0.25, 0.3) is 0 Å². The van der Waals surface area contributed by atoms with E-state index in [1.165, 1.54) is 18.6 Å². The van der Waals surface area contributed by atoms with Crippen molar-refractivity contribution in [2.45, 2.75) is 55.8 Å². The number of likely N-dealkylation sites (tertiary alicyclic amines) is 2. The summed E-state index contributed by atoms with van der Waals surface area (Å²) in [6, 6.07) is 24.5. The van der Waals surface area contributed by atoms with Gasteiger partial charge in [-0.05, 0) is 105 Å². The molecule has 0 aromatic heterocycles. The minimum atomic E-state index is -0.592. The number of piperidine rings is 2. The second-order valence-corrected chi connectivity index (χ2v) is 13.0. The molecular formula is C36H41ClFN3O2. The number of rotatable bonds is 9. The van der Waals surface area contributed by atoms with Gasteiger partial charge >= 0.3 is 0 Å². The predicted octanol–water partition coefficient (Wildman–Crippen LogP) is 6.14. The molecule has 0 unspecified atom stereocenters. The predicted molar refractivity (Wildman–Crippen MR) is 169 cm³/mol. The molecule has 2 amide bonds. The highest BCUT2D eigenvalue weighted by Gasteiger charge is 2.61. The van der Waals surface area contributed by atoms with E-state index in [0.29, 0.717) is 23.9 Å². The molecule has 7 heteroatoms. The van der Waals surface area contributed by atoms with Crippen molar-refractivity contribution < 1.29 is 14.0 Å². The highest BCUT2D eigenvalue weighted by Crippen LogP contribution is 2.55. The lowest BCUT2D eigenvalue weighted by atomic mass is 9.71. The van der Waals surface area contributed by atoms with Crippen molar-refractivity contribution in [2.75, 3.05) is 39.3 Å². The lowest BCUT2D eigenvalue weighted by Crippen LogP contribution is -2.54. The van der Waals surface area contributed by atoms with Crippen molar-refractivity contribution in [3.63, 3.8) is 0 Å². The van der Waals surface area contributed by atoms with Crippen LogP contribution in [0.3, 0.4) is 0 Å². The average Bonchev–Trinajstić information content (AvgIpc) is 3.78. The second kappa shape index (κ2) is 12.8. The maximum absolute atomic E-state index is 14.1.